The Morgan fingerprint density at radius 3 is 1.90 bits per heavy atom. The molecule has 0 radical (unpaired) electrons. The van der Waals surface area contributed by atoms with Crippen LogP contribution in [0.25, 0.3) is 72.7 Å². The van der Waals surface area contributed by atoms with Crippen LogP contribution in [0.3, 0.4) is 0 Å². The van der Waals surface area contributed by atoms with E-state index in [-0.39, 0.29) is 60.5 Å². The van der Waals surface area contributed by atoms with Gasteiger partial charge >= 0.3 is 0 Å². The van der Waals surface area contributed by atoms with E-state index in [0.29, 0.717) is 39.3 Å². The molecule has 6 aromatic carbocycles. The van der Waals surface area contributed by atoms with Gasteiger partial charge in [-0.1, -0.05) is 200 Å². The van der Waals surface area contributed by atoms with Crippen molar-refractivity contribution < 1.29 is 38.5 Å². The monoisotopic (exact) mass is 1090 g/mol. The van der Waals surface area contributed by atoms with Gasteiger partial charge in [-0.3, -0.25) is 9.55 Å². The molecule has 0 saturated heterocycles. The summed E-state index contributed by atoms with van der Waals surface area (Å²) in [6.07, 6.45) is 1.67. The van der Waals surface area contributed by atoms with Crippen molar-refractivity contribution in [1.29, 1.82) is 0 Å². The Balaban J connectivity index is 0.00000861. The number of hydrogen-bond acceptors (Lipinski definition) is 3. The molecule has 1 N–H and O–H groups in total. The van der Waals surface area contributed by atoms with E-state index in [1.165, 1.54) is 17.7 Å². The Kier molecular flexibility index (Phi) is 10.8. The molecule has 0 unspecified atom stereocenters. The molecule has 0 aliphatic rings. The van der Waals surface area contributed by atoms with Crippen LogP contribution in [0.5, 0.6) is 5.75 Å². The zero-order valence-corrected chi connectivity index (χ0v) is 43.7. The number of para-hydroxylation sites is 1. The van der Waals surface area contributed by atoms with Gasteiger partial charge in [0.1, 0.15) is 11.6 Å². The minimum absolute atomic E-state index is 0. The first kappa shape index (κ1) is 39.3. The van der Waals surface area contributed by atoms with Gasteiger partial charge in [0, 0.05) is 50.9 Å². The number of rotatable bonds is 9. The van der Waals surface area contributed by atoms with Gasteiger partial charge in [-0.05, 0) is 103 Å². The molecule has 68 heavy (non-hydrogen) atoms. The molecule has 2 heterocycles. The van der Waals surface area contributed by atoms with Gasteiger partial charge < -0.3 is 5.11 Å². The van der Waals surface area contributed by atoms with E-state index in [0.717, 1.165) is 50.1 Å². The summed E-state index contributed by atoms with van der Waals surface area (Å²) >= 11 is 0. The van der Waals surface area contributed by atoms with Gasteiger partial charge in [-0.15, -0.1) is 29.3 Å². The molecule has 0 aliphatic heterocycles. The van der Waals surface area contributed by atoms with Crippen molar-refractivity contribution in [3.05, 3.63) is 167 Å². The fourth-order valence-electron chi connectivity index (χ4n) is 8.72. The van der Waals surface area contributed by atoms with Gasteiger partial charge in [-0.25, -0.2) is 4.98 Å². The van der Waals surface area contributed by atoms with Crippen LogP contribution >= 0.6 is 0 Å². The summed E-state index contributed by atoms with van der Waals surface area (Å²) in [5, 5.41) is 12.4. The maximum Gasteiger partial charge on any atom is 0.148 e. The fourth-order valence-corrected chi connectivity index (χ4v) is 8.72. The minimum atomic E-state index is -3.37. The number of hydrogen-bond donors (Lipinski definition) is 1. The van der Waals surface area contributed by atoms with Crippen molar-refractivity contribution in [2.45, 2.75) is 132 Å². The molecule has 0 atom stereocenters. The van der Waals surface area contributed by atoms with Crippen molar-refractivity contribution in [3.8, 4) is 67.5 Å². The molecule has 0 fully saturated rings. The van der Waals surface area contributed by atoms with Crippen LogP contribution in [0, 0.1) is 11.5 Å². The quantitative estimate of drug-likeness (QED) is 0.147. The first-order valence-electron chi connectivity index (χ1n) is 27.9. The zero-order chi connectivity index (χ0) is 55.9. The van der Waals surface area contributed by atoms with Crippen LogP contribution in [0.15, 0.2) is 134 Å². The summed E-state index contributed by atoms with van der Waals surface area (Å²) in [4.78, 5) is 10.5. The Bertz CT molecular complexity index is 3410. The van der Waals surface area contributed by atoms with Gasteiger partial charge in [0.15, 0.2) is 0 Å². The number of nitrogens with zero attached hydrogens (tertiary/aromatic N) is 3. The molecule has 8 aromatic rings. The smallest absolute Gasteiger partial charge is 0.148 e. The molecule has 8 rings (SSSR count). The summed E-state index contributed by atoms with van der Waals surface area (Å²) in [5.74, 6) is 1.01. The van der Waals surface area contributed by atoms with Crippen LogP contribution in [0.2, 0.25) is 0 Å². The zero-order valence-electron chi connectivity index (χ0n) is 50.5. The summed E-state index contributed by atoms with van der Waals surface area (Å²) in [5.41, 5.74) is 9.55. The predicted molar refractivity (Wildman–Crippen MR) is 285 cm³/mol. The molecule has 0 spiro atoms. The Hall–Kier alpha value is -5.57. The Labute approximate surface area is 434 Å². The number of imidazole rings is 1. The number of aromatic hydroxyl groups is 1. The average Bonchev–Trinajstić information content (AvgIpc) is 3.71. The van der Waals surface area contributed by atoms with Crippen LogP contribution in [0.4, 0.5) is 0 Å². The molecule has 354 valence electrons. The predicted octanol–water partition coefficient (Wildman–Crippen LogP) is 17.4. The molecular weight excluding hydrogens is 1010 g/mol. The van der Waals surface area contributed by atoms with E-state index in [9.17, 15) is 5.11 Å². The van der Waals surface area contributed by atoms with E-state index in [1.807, 2.05) is 18.2 Å². The number of aromatic nitrogens is 3. The fraction of sp³-hybridized carbons (Fsp3) is 0.333. The van der Waals surface area contributed by atoms with Crippen molar-refractivity contribution >= 4 is 11.0 Å². The normalized spacial score (nSPS) is 15.1. The second-order valence-corrected chi connectivity index (χ2v) is 21.4. The average molecular weight is 1090 g/mol. The van der Waals surface area contributed by atoms with E-state index in [2.05, 4.69) is 173 Å². The summed E-state index contributed by atoms with van der Waals surface area (Å²) < 4.78 is 76.2. The number of benzene rings is 6. The van der Waals surface area contributed by atoms with Gasteiger partial charge in [-0.2, -0.15) is 0 Å². The van der Waals surface area contributed by atoms with Crippen molar-refractivity contribution in [2.24, 2.45) is 5.41 Å². The van der Waals surface area contributed by atoms with E-state index in [4.69, 9.17) is 22.3 Å². The molecule has 4 nitrogen and oxygen atoms in total. The first-order chi connectivity index (χ1) is 35.2. The Morgan fingerprint density at radius 2 is 1.26 bits per heavy atom. The molecule has 2 aromatic heterocycles. The minimum Gasteiger partial charge on any atom is -0.507 e. The number of pyridine rings is 1. The van der Waals surface area contributed by atoms with Gasteiger partial charge in [0.25, 0.3) is 0 Å². The maximum absolute atomic E-state index is 12.4. The van der Waals surface area contributed by atoms with Crippen LogP contribution < -0.4 is 0 Å². The third-order valence-electron chi connectivity index (χ3n) is 14.0. The largest absolute Gasteiger partial charge is 0.507 e. The second kappa shape index (κ2) is 18.7. The number of phenolic OH excluding ortho intramolecular Hbond substituents is 1. The maximum atomic E-state index is 12.4. The second-order valence-electron chi connectivity index (χ2n) is 21.4. The number of fused-ring (bicyclic) bond motifs is 1. The topological polar surface area (TPSA) is 50.9 Å². The van der Waals surface area contributed by atoms with Crippen molar-refractivity contribution in [3.63, 3.8) is 0 Å². The Morgan fingerprint density at radius 1 is 0.588 bits per heavy atom. The summed E-state index contributed by atoms with van der Waals surface area (Å²) in [6.45, 7) is 16.3. The molecule has 0 bridgehead atoms. The van der Waals surface area contributed by atoms with E-state index < -0.39 is 26.0 Å². The van der Waals surface area contributed by atoms with Crippen LogP contribution in [-0.4, -0.2) is 19.6 Å². The molecule has 5 heteroatoms. The first-order valence-corrected chi connectivity index (χ1v) is 23.4. The molecule has 0 amide bonds. The summed E-state index contributed by atoms with van der Waals surface area (Å²) in [6, 6.07) is 45.0. The van der Waals surface area contributed by atoms with Crippen LogP contribution in [0.1, 0.15) is 156 Å². The standard InChI is InChI=1S/C63H70N3O.Pt/c1-39(2)44-35-51(40(3)4)58(67)53(36-44)59-65-57-50(22-19-23-56(57)66(59)55-29-28-48(63(14,15)62(11,12)13)38-52(55)42-20-17-16-18-21-42)45-32-46(34-49(33-45)61(8,9)10)54-37-43(30-31-64-54)41-24-26-47(27-25-41)60(5,6)7;/h16-31,33-40,67H,1-15H3;/q-1;/i5D3,6D3,7D3;. The van der Waals surface area contributed by atoms with Gasteiger partial charge in [0.2, 0.25) is 0 Å². The molecule has 0 saturated carbocycles. The van der Waals surface area contributed by atoms with Crippen molar-refractivity contribution in [1.82, 2.24) is 14.5 Å². The SMILES string of the molecule is [2H]C([2H])([2H])C(c1ccc(-c2ccnc(-c3[c-]c(-c4cccc5c4nc(-c4cc(C(C)C)cc(C(C)C)c4O)n5-c4ccc(C(C)(C)C(C)(C)C)cc4-c4ccccc4)cc(C(C)(C)C)c3)c2)cc1)(C([2H])([2H])[2H])C([2H])([2H])[2H].[Pt]. The van der Waals surface area contributed by atoms with Crippen LogP contribution in [-0.2, 0) is 37.3 Å². The third-order valence-corrected chi connectivity index (χ3v) is 14.0. The number of phenols is 1. The molecule has 0 aliphatic carbocycles. The van der Waals surface area contributed by atoms with Crippen molar-refractivity contribution in [2.75, 3.05) is 0 Å². The third kappa shape index (κ3) is 9.69. The van der Waals surface area contributed by atoms with Gasteiger partial charge in [0.05, 0.1) is 22.3 Å². The van der Waals surface area contributed by atoms with E-state index in [1.54, 1.807) is 24.4 Å². The van der Waals surface area contributed by atoms with E-state index >= 15 is 0 Å². The molecular formula is C63H70N3OPt-. The summed E-state index contributed by atoms with van der Waals surface area (Å²) in [7, 11) is 0.